The number of ether oxygens (including phenoxy) is 2. The third-order valence-electron chi connectivity index (χ3n) is 9.10. The second-order valence-electron chi connectivity index (χ2n) is 12.1. The second kappa shape index (κ2) is 12.1. The minimum atomic E-state index is -4.56. The van der Waals surface area contributed by atoms with E-state index in [4.69, 9.17) is 4.74 Å². The molecule has 2 bridgehead atoms. The summed E-state index contributed by atoms with van der Waals surface area (Å²) >= 11 is 0. The summed E-state index contributed by atoms with van der Waals surface area (Å²) in [6.07, 6.45) is 1.76. The fourth-order valence-electron chi connectivity index (χ4n) is 6.62. The zero-order valence-electron chi connectivity index (χ0n) is 25.0. The average molecular weight is 648 g/mol. The number of anilines is 1. The molecule has 12 heteroatoms. The van der Waals surface area contributed by atoms with Crippen molar-refractivity contribution < 1.29 is 45.0 Å². The quantitative estimate of drug-likeness (QED) is 0.161. The lowest BCUT2D eigenvalue weighted by atomic mass is 9.79. The van der Waals surface area contributed by atoms with E-state index in [0.717, 1.165) is 30.3 Å². The number of halogens is 4. The van der Waals surface area contributed by atoms with Crippen molar-refractivity contribution in [3.63, 3.8) is 0 Å². The number of hydrogen-bond acceptors (Lipinski definition) is 6. The van der Waals surface area contributed by atoms with Crippen molar-refractivity contribution in [1.82, 2.24) is 0 Å². The predicted octanol–water partition coefficient (Wildman–Crippen LogP) is 7.24. The summed E-state index contributed by atoms with van der Waals surface area (Å²) in [4.78, 5) is 26.5. The molecule has 45 heavy (non-hydrogen) atoms. The van der Waals surface area contributed by atoms with Gasteiger partial charge in [0.15, 0.2) is 5.78 Å². The number of sulfonamides is 1. The van der Waals surface area contributed by atoms with Crippen molar-refractivity contribution in [2.45, 2.75) is 63.4 Å². The van der Waals surface area contributed by atoms with Gasteiger partial charge in [0.25, 0.3) is 10.0 Å². The molecule has 0 radical (unpaired) electrons. The van der Waals surface area contributed by atoms with Crippen LogP contribution in [0.4, 0.5) is 23.2 Å². The summed E-state index contributed by atoms with van der Waals surface area (Å²) in [5, 5.41) is 0. The Morgan fingerprint density at radius 2 is 1.60 bits per heavy atom. The molecule has 0 amide bonds. The number of hydrogen-bond donors (Lipinski definition) is 0. The highest BCUT2D eigenvalue weighted by atomic mass is 32.2. The van der Waals surface area contributed by atoms with Crippen molar-refractivity contribution >= 4 is 27.5 Å². The number of carbonyl (C=O) groups excluding carboxylic acids is 2. The molecule has 2 aliphatic carbocycles. The number of carbonyl (C=O) groups is 2. The van der Waals surface area contributed by atoms with Gasteiger partial charge in [0.1, 0.15) is 17.4 Å². The number of ketones is 1. The third-order valence-corrected chi connectivity index (χ3v) is 10.9. The number of fused-ring (bicyclic) bond motifs is 2. The Labute approximate surface area is 259 Å². The summed E-state index contributed by atoms with van der Waals surface area (Å²) in [7, 11) is -3.28. The van der Waals surface area contributed by atoms with E-state index in [9.17, 15) is 31.2 Å². The summed E-state index contributed by atoms with van der Waals surface area (Å²) in [6, 6.07) is 12.4. The van der Waals surface area contributed by atoms with Crippen molar-refractivity contribution in [1.29, 1.82) is 0 Å². The molecule has 0 spiro atoms. The van der Waals surface area contributed by atoms with E-state index in [2.05, 4.69) is 4.74 Å². The van der Waals surface area contributed by atoms with Gasteiger partial charge in [0, 0.05) is 11.5 Å². The second-order valence-corrected chi connectivity index (χ2v) is 14.0. The minimum Gasteiger partial charge on any atom is -0.469 e. The SMILES string of the molecule is COC(=O)C12CCC(C(=O)CN(c3cc(-c4cc(F)cc(OC(F)F)c4)ccc3F)S(=O)(=O)c3cccc(C(C)C)c3)(CC1)C2. The van der Waals surface area contributed by atoms with E-state index >= 15 is 4.39 Å². The number of methoxy groups -OCH3 is 1. The first-order valence-corrected chi connectivity index (χ1v) is 15.9. The Morgan fingerprint density at radius 1 is 0.911 bits per heavy atom. The molecule has 0 aliphatic heterocycles. The van der Waals surface area contributed by atoms with Gasteiger partial charge in [-0.05, 0) is 91.1 Å². The van der Waals surface area contributed by atoms with Gasteiger partial charge in [0.2, 0.25) is 0 Å². The Kier molecular flexibility index (Phi) is 8.74. The molecule has 2 saturated carbocycles. The number of Topliss-reactive ketones (excluding diaryl/α,β-unsaturated/α-hetero) is 1. The lowest BCUT2D eigenvalue weighted by Crippen LogP contribution is -2.42. The molecule has 3 aromatic carbocycles. The molecule has 7 nitrogen and oxygen atoms in total. The lowest BCUT2D eigenvalue weighted by Gasteiger charge is -2.30. The third kappa shape index (κ3) is 6.16. The number of rotatable bonds is 11. The van der Waals surface area contributed by atoms with E-state index < -0.39 is 68.8 Å². The maximum absolute atomic E-state index is 15.7. The van der Waals surface area contributed by atoms with E-state index in [1.807, 2.05) is 13.8 Å². The van der Waals surface area contributed by atoms with Gasteiger partial charge >= 0.3 is 12.6 Å². The molecular formula is C33H33F4NO6S. The Balaban J connectivity index is 1.60. The molecule has 5 rings (SSSR count). The first-order valence-electron chi connectivity index (χ1n) is 14.5. The van der Waals surface area contributed by atoms with Crippen LogP contribution in [0.15, 0.2) is 65.6 Å². The Morgan fingerprint density at radius 3 is 2.24 bits per heavy atom. The molecule has 0 aromatic heterocycles. The van der Waals surface area contributed by atoms with Crippen molar-refractivity contribution in [2.75, 3.05) is 18.0 Å². The van der Waals surface area contributed by atoms with E-state index in [1.165, 1.54) is 25.3 Å². The van der Waals surface area contributed by atoms with Gasteiger partial charge in [-0.2, -0.15) is 8.78 Å². The van der Waals surface area contributed by atoms with Crippen molar-refractivity contribution in [3.8, 4) is 16.9 Å². The highest BCUT2D eigenvalue weighted by Crippen LogP contribution is 2.62. The number of alkyl halides is 2. The molecule has 3 aromatic rings. The zero-order valence-corrected chi connectivity index (χ0v) is 25.8. The van der Waals surface area contributed by atoms with Crippen molar-refractivity contribution in [2.24, 2.45) is 10.8 Å². The lowest BCUT2D eigenvalue weighted by molar-refractivity contribution is -0.152. The van der Waals surface area contributed by atoms with E-state index in [1.54, 1.807) is 12.1 Å². The van der Waals surface area contributed by atoms with Crippen LogP contribution in [0, 0.1) is 22.5 Å². The van der Waals surface area contributed by atoms with Crippen LogP contribution in [0.3, 0.4) is 0 Å². The maximum atomic E-state index is 15.7. The molecule has 0 unspecified atom stereocenters. The van der Waals surface area contributed by atoms with E-state index in [0.29, 0.717) is 35.6 Å². The summed E-state index contributed by atoms with van der Waals surface area (Å²) in [5.74, 6) is -3.27. The molecular weight excluding hydrogens is 614 g/mol. The van der Waals surface area contributed by atoms with Gasteiger partial charge in [-0.3, -0.25) is 13.9 Å². The summed E-state index contributed by atoms with van der Waals surface area (Å²) < 4.78 is 94.4. The molecule has 0 N–H and O–H groups in total. The Hall–Kier alpha value is -3.93. The normalized spacial score (nSPS) is 20.9. The van der Waals surface area contributed by atoms with Crippen LogP contribution in [-0.4, -0.2) is 40.4 Å². The Bertz CT molecular complexity index is 1730. The van der Waals surface area contributed by atoms with Gasteiger partial charge < -0.3 is 9.47 Å². The van der Waals surface area contributed by atoms with Crippen LogP contribution < -0.4 is 9.04 Å². The van der Waals surface area contributed by atoms with Crippen LogP contribution in [0.25, 0.3) is 11.1 Å². The highest BCUT2D eigenvalue weighted by molar-refractivity contribution is 7.92. The molecule has 0 heterocycles. The van der Waals surface area contributed by atoms with Gasteiger partial charge in [-0.1, -0.05) is 32.0 Å². The predicted molar refractivity (Wildman–Crippen MR) is 158 cm³/mol. The number of benzene rings is 3. The highest BCUT2D eigenvalue weighted by Gasteiger charge is 2.61. The van der Waals surface area contributed by atoms with Gasteiger partial charge in [-0.25, -0.2) is 17.2 Å². The van der Waals surface area contributed by atoms with Crippen molar-refractivity contribution in [3.05, 3.63) is 77.9 Å². The van der Waals surface area contributed by atoms with Gasteiger partial charge in [0.05, 0.1) is 29.7 Å². The topological polar surface area (TPSA) is 90.0 Å². The molecule has 240 valence electrons. The fraction of sp³-hybridized carbons (Fsp3) is 0.394. The minimum absolute atomic E-state index is 0.0189. The smallest absolute Gasteiger partial charge is 0.387 e. The van der Waals surface area contributed by atoms with Crippen LogP contribution in [0.2, 0.25) is 0 Å². The number of nitrogens with zero attached hydrogens (tertiary/aromatic N) is 1. The molecule has 2 fully saturated rings. The number of esters is 1. The van der Waals surface area contributed by atoms with Crippen LogP contribution in [0.1, 0.15) is 57.4 Å². The molecule has 0 atom stereocenters. The first kappa shape index (κ1) is 32.5. The molecule has 0 saturated heterocycles. The van der Waals surface area contributed by atoms with Crippen LogP contribution in [-0.2, 0) is 24.3 Å². The largest absolute Gasteiger partial charge is 0.469 e. The van der Waals surface area contributed by atoms with Gasteiger partial charge in [-0.15, -0.1) is 0 Å². The van der Waals surface area contributed by atoms with E-state index in [-0.39, 0.29) is 28.4 Å². The maximum Gasteiger partial charge on any atom is 0.387 e. The first-order chi connectivity index (χ1) is 21.2. The van der Waals surface area contributed by atoms with Crippen LogP contribution in [0.5, 0.6) is 5.75 Å². The average Bonchev–Trinajstić information content (AvgIpc) is 3.58. The summed E-state index contributed by atoms with van der Waals surface area (Å²) in [5.41, 5.74) is -1.47. The molecule has 2 aliphatic rings. The zero-order chi connectivity index (χ0) is 32.7. The monoisotopic (exact) mass is 647 g/mol. The standard InChI is InChI=1S/C33H33F4NO6S/c1-20(2)21-5-4-6-26(15-21)45(41,42)38(18-29(39)32-9-11-33(19-32,12-10-32)30(40)43-3)28-16-22(7-8-27(28)35)23-13-24(34)17-25(14-23)44-31(36)37/h4-8,13-17,20,31H,9-12,18-19H2,1-3H3. The van der Waals surface area contributed by atoms with Crippen LogP contribution >= 0.6 is 0 Å². The fourth-order valence-corrected chi connectivity index (χ4v) is 8.10. The summed E-state index contributed by atoms with van der Waals surface area (Å²) in [6.45, 7) is -0.183.